The van der Waals surface area contributed by atoms with Gasteiger partial charge in [0.25, 0.3) is 5.91 Å². The molecule has 0 aliphatic heterocycles. The average molecular weight is 331 g/mol. The first-order valence-electron chi connectivity index (χ1n) is 7.32. The maximum atomic E-state index is 12.4. The van der Waals surface area contributed by atoms with Crippen LogP contribution < -0.4 is 10.1 Å². The molecule has 7 heteroatoms. The van der Waals surface area contributed by atoms with Crippen molar-refractivity contribution in [3.8, 4) is 5.75 Å². The number of carbonyl (C=O) groups excluding carboxylic acids is 1. The van der Waals surface area contributed by atoms with Crippen molar-refractivity contribution in [3.63, 3.8) is 0 Å². The van der Waals surface area contributed by atoms with Gasteiger partial charge in [-0.3, -0.25) is 4.79 Å². The predicted molar refractivity (Wildman–Crippen MR) is 87.9 cm³/mol. The van der Waals surface area contributed by atoms with Gasteiger partial charge in [0.05, 0.1) is 18.8 Å². The van der Waals surface area contributed by atoms with Crippen LogP contribution >= 0.6 is 11.5 Å². The van der Waals surface area contributed by atoms with Gasteiger partial charge < -0.3 is 14.5 Å². The van der Waals surface area contributed by atoms with Crippen LogP contribution in [0.2, 0.25) is 0 Å². The highest BCUT2D eigenvalue weighted by molar-refractivity contribution is 7.08. The smallest absolute Gasteiger partial charge is 0.265 e. The zero-order valence-electron chi connectivity index (χ0n) is 13.1. The number of ether oxygens (including phenoxy) is 1. The van der Waals surface area contributed by atoms with E-state index in [4.69, 9.17) is 9.15 Å². The van der Waals surface area contributed by atoms with Gasteiger partial charge in [-0.2, -0.15) is 0 Å². The second-order valence-corrected chi connectivity index (χ2v) is 5.88. The lowest BCUT2D eigenvalue weighted by molar-refractivity contribution is 0.0938. The van der Waals surface area contributed by atoms with Gasteiger partial charge in [0.15, 0.2) is 11.3 Å². The number of aromatic nitrogens is 2. The monoisotopic (exact) mass is 331 g/mol. The summed E-state index contributed by atoms with van der Waals surface area (Å²) in [6.07, 6.45) is 0.676. The summed E-state index contributed by atoms with van der Waals surface area (Å²) in [5, 5.41) is 7.83. The van der Waals surface area contributed by atoms with Crippen molar-refractivity contribution in [1.82, 2.24) is 14.9 Å². The van der Waals surface area contributed by atoms with Crippen LogP contribution in [0, 0.1) is 0 Å². The van der Waals surface area contributed by atoms with Crippen LogP contribution in [-0.2, 0) is 6.42 Å². The zero-order valence-corrected chi connectivity index (χ0v) is 13.9. The molecule has 0 saturated carbocycles. The van der Waals surface area contributed by atoms with Crippen molar-refractivity contribution < 1.29 is 13.9 Å². The van der Waals surface area contributed by atoms with Gasteiger partial charge in [0, 0.05) is 5.39 Å². The third kappa shape index (κ3) is 2.92. The minimum absolute atomic E-state index is 0.184. The first kappa shape index (κ1) is 15.5. The Labute approximate surface area is 137 Å². The molecule has 0 radical (unpaired) electrons. The highest BCUT2D eigenvalue weighted by Gasteiger charge is 2.20. The Kier molecular flexibility index (Phi) is 4.29. The number of hydrogen-bond acceptors (Lipinski definition) is 6. The van der Waals surface area contributed by atoms with Gasteiger partial charge in [-0.1, -0.05) is 23.5 Å². The summed E-state index contributed by atoms with van der Waals surface area (Å²) in [5.41, 5.74) is 1.39. The van der Waals surface area contributed by atoms with E-state index in [1.165, 1.54) is 0 Å². The van der Waals surface area contributed by atoms with E-state index in [0.29, 0.717) is 34.1 Å². The summed E-state index contributed by atoms with van der Waals surface area (Å²) in [6.45, 7) is 3.82. The van der Waals surface area contributed by atoms with Crippen LogP contribution in [0.15, 0.2) is 28.7 Å². The van der Waals surface area contributed by atoms with Gasteiger partial charge in [-0.25, -0.2) is 0 Å². The lowest BCUT2D eigenvalue weighted by atomic mass is 10.2. The standard InChI is InChI=1S/C16H17N3O3S/c1-4-11-15(23-19-18-11)16(20)17-9(2)13-8-10-6-5-7-12(21-3)14(10)22-13/h5-9H,4H2,1-3H3,(H,17,20)/t9-/m0/s1. The molecule has 2 heterocycles. The lowest BCUT2D eigenvalue weighted by Gasteiger charge is -2.10. The number of carbonyl (C=O) groups is 1. The molecule has 0 fully saturated rings. The molecule has 0 unspecified atom stereocenters. The Hall–Kier alpha value is -2.41. The van der Waals surface area contributed by atoms with Crippen LogP contribution in [0.3, 0.4) is 0 Å². The summed E-state index contributed by atoms with van der Waals surface area (Å²) in [7, 11) is 1.60. The molecule has 1 aromatic carbocycles. The number of rotatable bonds is 5. The third-order valence-corrected chi connectivity index (χ3v) is 4.39. The quantitative estimate of drug-likeness (QED) is 0.776. The van der Waals surface area contributed by atoms with Crippen LogP contribution in [0.4, 0.5) is 0 Å². The van der Waals surface area contributed by atoms with E-state index in [9.17, 15) is 4.79 Å². The van der Waals surface area contributed by atoms with Gasteiger partial charge in [0.2, 0.25) is 0 Å². The predicted octanol–water partition coefficient (Wildman–Crippen LogP) is 3.35. The summed E-state index contributed by atoms with van der Waals surface area (Å²) in [5.74, 6) is 1.16. The zero-order chi connectivity index (χ0) is 16.4. The number of hydrogen-bond donors (Lipinski definition) is 1. The maximum Gasteiger partial charge on any atom is 0.265 e. The summed E-state index contributed by atoms with van der Waals surface area (Å²) in [4.78, 5) is 12.9. The molecular weight excluding hydrogens is 314 g/mol. The molecule has 23 heavy (non-hydrogen) atoms. The number of nitrogens with zero attached hydrogens (tertiary/aromatic N) is 2. The van der Waals surface area contributed by atoms with Crippen LogP contribution in [0.5, 0.6) is 5.75 Å². The molecule has 0 aliphatic carbocycles. The van der Waals surface area contributed by atoms with E-state index >= 15 is 0 Å². The second kappa shape index (κ2) is 6.37. The molecule has 1 atom stereocenters. The molecule has 120 valence electrons. The Balaban J connectivity index is 1.83. The minimum Gasteiger partial charge on any atom is -0.493 e. The number of nitrogens with one attached hydrogen (secondary N) is 1. The Morgan fingerprint density at radius 1 is 1.48 bits per heavy atom. The van der Waals surface area contributed by atoms with Crippen LogP contribution in [0.25, 0.3) is 11.0 Å². The molecule has 0 saturated heterocycles. The Morgan fingerprint density at radius 3 is 3.04 bits per heavy atom. The molecule has 1 amide bonds. The van der Waals surface area contributed by atoms with E-state index in [2.05, 4.69) is 14.9 Å². The summed E-state index contributed by atoms with van der Waals surface area (Å²) >= 11 is 1.11. The molecule has 0 spiro atoms. The van der Waals surface area contributed by atoms with Gasteiger partial charge in [-0.15, -0.1) is 5.10 Å². The van der Waals surface area contributed by atoms with Crippen molar-refractivity contribution in [2.75, 3.05) is 7.11 Å². The summed E-state index contributed by atoms with van der Waals surface area (Å²) < 4.78 is 15.0. The normalized spacial score (nSPS) is 12.3. The van der Waals surface area contributed by atoms with Crippen molar-refractivity contribution in [2.45, 2.75) is 26.3 Å². The number of methoxy groups -OCH3 is 1. The molecule has 3 rings (SSSR count). The highest BCUT2D eigenvalue weighted by Crippen LogP contribution is 2.31. The number of aryl methyl sites for hydroxylation is 1. The topological polar surface area (TPSA) is 77.2 Å². The van der Waals surface area contributed by atoms with E-state index in [1.54, 1.807) is 7.11 Å². The molecule has 3 aromatic rings. The van der Waals surface area contributed by atoms with E-state index < -0.39 is 0 Å². The number of amides is 1. The van der Waals surface area contributed by atoms with Gasteiger partial charge in [0.1, 0.15) is 10.6 Å². The van der Waals surface area contributed by atoms with Crippen molar-refractivity contribution in [2.24, 2.45) is 0 Å². The molecule has 6 nitrogen and oxygen atoms in total. The maximum absolute atomic E-state index is 12.4. The second-order valence-electron chi connectivity index (χ2n) is 5.12. The number of benzene rings is 1. The number of fused-ring (bicyclic) bond motifs is 1. The first-order valence-corrected chi connectivity index (χ1v) is 8.10. The number of para-hydroxylation sites is 1. The molecule has 0 aliphatic rings. The number of furan rings is 1. The fourth-order valence-corrected chi connectivity index (χ4v) is 3.03. The van der Waals surface area contributed by atoms with Crippen LogP contribution in [-0.4, -0.2) is 22.6 Å². The van der Waals surface area contributed by atoms with E-state index in [1.807, 2.05) is 38.1 Å². The van der Waals surface area contributed by atoms with Crippen molar-refractivity contribution in [1.29, 1.82) is 0 Å². The Morgan fingerprint density at radius 2 is 2.30 bits per heavy atom. The molecule has 2 aromatic heterocycles. The lowest BCUT2D eigenvalue weighted by Crippen LogP contribution is -2.26. The fraction of sp³-hybridized carbons (Fsp3) is 0.312. The van der Waals surface area contributed by atoms with E-state index in [-0.39, 0.29) is 11.9 Å². The SMILES string of the molecule is CCc1nnsc1C(=O)N[C@@H](C)c1cc2cccc(OC)c2o1. The third-order valence-electron chi connectivity index (χ3n) is 3.62. The van der Waals surface area contributed by atoms with Crippen molar-refractivity contribution in [3.05, 3.63) is 40.6 Å². The average Bonchev–Trinajstić information content (AvgIpc) is 3.20. The van der Waals surface area contributed by atoms with Gasteiger partial charge >= 0.3 is 0 Å². The Bertz CT molecular complexity index is 840. The minimum atomic E-state index is -0.272. The van der Waals surface area contributed by atoms with Crippen molar-refractivity contribution >= 4 is 28.4 Å². The van der Waals surface area contributed by atoms with E-state index in [0.717, 1.165) is 16.9 Å². The first-order chi connectivity index (χ1) is 11.1. The molecule has 1 N–H and O–H groups in total. The molecule has 0 bridgehead atoms. The highest BCUT2D eigenvalue weighted by atomic mass is 32.1. The largest absolute Gasteiger partial charge is 0.493 e. The van der Waals surface area contributed by atoms with Gasteiger partial charge in [-0.05, 0) is 37.0 Å². The fourth-order valence-electron chi connectivity index (χ4n) is 2.38. The van der Waals surface area contributed by atoms with Crippen LogP contribution in [0.1, 0.15) is 41.0 Å². The molecular formula is C16H17N3O3S. The summed E-state index contributed by atoms with van der Waals surface area (Å²) in [6, 6.07) is 7.33.